The van der Waals surface area contributed by atoms with Crippen LogP contribution in [0, 0.1) is 5.82 Å². The van der Waals surface area contributed by atoms with E-state index in [1.807, 2.05) is 0 Å². The molecule has 0 unspecified atom stereocenters. The fourth-order valence-corrected chi connectivity index (χ4v) is 3.88. The maximum absolute atomic E-state index is 14.9. The first-order valence-electron chi connectivity index (χ1n) is 10.8. The van der Waals surface area contributed by atoms with E-state index in [1.165, 1.54) is 39.6 Å². The molecule has 3 aromatic heterocycles. The molecule has 2 aromatic carbocycles. The van der Waals surface area contributed by atoms with Crippen molar-refractivity contribution in [3.8, 4) is 16.9 Å². The van der Waals surface area contributed by atoms with Crippen LogP contribution in [0.5, 0.6) is 0 Å². The van der Waals surface area contributed by atoms with Crippen LogP contribution in [-0.2, 0) is 12.7 Å². The van der Waals surface area contributed by atoms with Crippen LogP contribution < -0.4 is 10.9 Å². The molecule has 0 aliphatic heterocycles. The van der Waals surface area contributed by atoms with Crippen LogP contribution in [0.4, 0.5) is 23.5 Å². The fourth-order valence-electron chi connectivity index (χ4n) is 3.88. The molecule has 1 N–H and O–H groups in total. The Labute approximate surface area is 201 Å². The van der Waals surface area contributed by atoms with Gasteiger partial charge in [-0.2, -0.15) is 18.3 Å². The zero-order valence-corrected chi connectivity index (χ0v) is 18.8. The van der Waals surface area contributed by atoms with E-state index in [-0.39, 0.29) is 23.2 Å². The summed E-state index contributed by atoms with van der Waals surface area (Å²) in [6.07, 6.45) is -1.33. The highest BCUT2D eigenvalue weighted by Gasteiger charge is 2.30. The topological polar surface area (TPSA) is 77.6 Å². The molecule has 0 saturated carbocycles. The molecule has 36 heavy (non-hydrogen) atoms. The number of hydrogen-bond donors (Lipinski definition) is 1. The molecular weight excluding hydrogens is 476 g/mol. The number of fused-ring (bicyclic) bond motifs is 1. The Hall–Kier alpha value is -4.54. The zero-order chi connectivity index (χ0) is 25.4. The molecule has 0 fully saturated rings. The van der Waals surface area contributed by atoms with Gasteiger partial charge in [0, 0.05) is 31.1 Å². The van der Waals surface area contributed by atoms with Gasteiger partial charge in [0.1, 0.15) is 11.5 Å². The molecule has 0 atom stereocenters. The number of hydrogen-bond acceptors (Lipinski definition) is 5. The van der Waals surface area contributed by atoms with Gasteiger partial charge in [-0.05, 0) is 36.4 Å². The maximum Gasteiger partial charge on any atom is 0.416 e. The molecule has 3 heterocycles. The predicted octanol–water partition coefficient (Wildman–Crippen LogP) is 4.89. The van der Waals surface area contributed by atoms with E-state index >= 15 is 0 Å². The van der Waals surface area contributed by atoms with Crippen LogP contribution in [0.1, 0.15) is 11.3 Å². The number of aromatic nitrogens is 5. The van der Waals surface area contributed by atoms with Gasteiger partial charge in [-0.3, -0.25) is 4.79 Å². The number of nitrogens with one attached hydrogen (secondary N) is 1. The number of nitrogens with zero attached hydrogens (tertiary/aromatic N) is 5. The Morgan fingerprint density at radius 1 is 1.03 bits per heavy atom. The maximum atomic E-state index is 14.9. The van der Waals surface area contributed by atoms with Crippen molar-refractivity contribution in [1.29, 1.82) is 0 Å². The molecule has 0 aliphatic rings. The Kier molecular flexibility index (Phi) is 5.75. The van der Waals surface area contributed by atoms with E-state index in [1.54, 1.807) is 37.6 Å². The molecule has 0 aliphatic carbocycles. The molecule has 0 amide bonds. The average Bonchev–Trinajstić information content (AvgIpc) is 3.26. The minimum atomic E-state index is -4.49. The molecule has 7 nitrogen and oxygen atoms in total. The quantitative estimate of drug-likeness (QED) is 0.352. The summed E-state index contributed by atoms with van der Waals surface area (Å²) < 4.78 is 56.7. The second kappa shape index (κ2) is 8.91. The number of halogens is 4. The zero-order valence-electron chi connectivity index (χ0n) is 18.8. The van der Waals surface area contributed by atoms with Gasteiger partial charge in [-0.15, -0.1) is 0 Å². The number of alkyl halides is 3. The summed E-state index contributed by atoms with van der Waals surface area (Å²) in [4.78, 5) is 21.2. The lowest BCUT2D eigenvalue weighted by Gasteiger charge is -2.08. The minimum absolute atomic E-state index is 0.141. The largest absolute Gasteiger partial charge is 0.416 e. The standard InChI is InChI=1S/C25H18F4N6O/c1-30-24-31-11-9-17(32-24)14-34-12-10-18(13-21(34)36)35-20-4-2-3-19(26)22(20)23(33-35)15-5-7-16(8-6-15)25(27,28)29/h2-13H,14H2,1H3,(H,30,31,32). The first-order chi connectivity index (χ1) is 17.2. The van der Waals surface area contributed by atoms with Gasteiger partial charge in [0.2, 0.25) is 5.95 Å². The third-order valence-corrected chi connectivity index (χ3v) is 5.64. The molecule has 0 saturated heterocycles. The Bertz CT molecular complexity index is 1620. The summed E-state index contributed by atoms with van der Waals surface area (Å²) >= 11 is 0. The van der Waals surface area contributed by atoms with Gasteiger partial charge < -0.3 is 9.88 Å². The Morgan fingerprint density at radius 3 is 2.50 bits per heavy atom. The van der Waals surface area contributed by atoms with Crippen LogP contribution in [0.3, 0.4) is 0 Å². The summed E-state index contributed by atoms with van der Waals surface area (Å²) in [7, 11) is 1.69. The third-order valence-electron chi connectivity index (χ3n) is 5.64. The first-order valence-corrected chi connectivity index (χ1v) is 10.8. The van der Waals surface area contributed by atoms with Crippen molar-refractivity contribution in [2.24, 2.45) is 0 Å². The molecule has 182 valence electrons. The molecule has 0 spiro atoms. The van der Waals surface area contributed by atoms with E-state index in [0.29, 0.717) is 28.4 Å². The molecule has 5 rings (SSSR count). The lowest BCUT2D eigenvalue weighted by molar-refractivity contribution is -0.137. The van der Waals surface area contributed by atoms with Gasteiger partial charge in [0.15, 0.2) is 0 Å². The van der Waals surface area contributed by atoms with Crippen molar-refractivity contribution in [2.45, 2.75) is 12.7 Å². The Morgan fingerprint density at radius 2 is 1.81 bits per heavy atom. The van der Waals surface area contributed by atoms with Crippen LogP contribution in [-0.4, -0.2) is 31.4 Å². The van der Waals surface area contributed by atoms with Crippen molar-refractivity contribution in [1.82, 2.24) is 24.3 Å². The summed E-state index contributed by atoms with van der Waals surface area (Å²) in [5, 5.41) is 7.46. The molecule has 0 bridgehead atoms. The number of pyridine rings is 1. The van der Waals surface area contributed by atoms with Crippen LogP contribution in [0.2, 0.25) is 0 Å². The lowest BCUT2D eigenvalue weighted by Crippen LogP contribution is -2.21. The van der Waals surface area contributed by atoms with Crippen LogP contribution in [0.25, 0.3) is 27.8 Å². The van der Waals surface area contributed by atoms with E-state index < -0.39 is 17.6 Å². The second-order valence-corrected chi connectivity index (χ2v) is 7.94. The second-order valence-electron chi connectivity index (χ2n) is 7.94. The van der Waals surface area contributed by atoms with Gasteiger partial charge in [0.25, 0.3) is 5.56 Å². The Balaban J connectivity index is 1.56. The number of anilines is 1. The minimum Gasteiger partial charge on any atom is -0.357 e. The normalized spacial score (nSPS) is 11.7. The lowest BCUT2D eigenvalue weighted by atomic mass is 10.1. The highest BCUT2D eigenvalue weighted by molar-refractivity contribution is 5.94. The molecular formula is C25H18F4N6O. The monoisotopic (exact) mass is 494 g/mol. The van der Waals surface area contributed by atoms with E-state index in [9.17, 15) is 22.4 Å². The highest BCUT2D eigenvalue weighted by Crippen LogP contribution is 2.34. The van der Waals surface area contributed by atoms with Gasteiger partial charge in [-0.1, -0.05) is 18.2 Å². The molecule has 11 heteroatoms. The summed E-state index contributed by atoms with van der Waals surface area (Å²) in [5.41, 5.74) is 0.703. The van der Waals surface area contributed by atoms with Crippen molar-refractivity contribution in [3.05, 3.63) is 100 Å². The predicted molar refractivity (Wildman–Crippen MR) is 126 cm³/mol. The summed E-state index contributed by atoms with van der Waals surface area (Å²) in [5.74, 6) is -0.149. The van der Waals surface area contributed by atoms with Crippen molar-refractivity contribution in [2.75, 3.05) is 12.4 Å². The number of benzene rings is 2. The molecule has 5 aromatic rings. The first kappa shape index (κ1) is 23.2. The molecule has 0 radical (unpaired) electrons. The number of rotatable bonds is 5. The smallest absolute Gasteiger partial charge is 0.357 e. The van der Waals surface area contributed by atoms with Gasteiger partial charge in [-0.25, -0.2) is 19.0 Å². The van der Waals surface area contributed by atoms with E-state index in [0.717, 1.165) is 12.1 Å². The summed E-state index contributed by atoms with van der Waals surface area (Å²) in [6.45, 7) is 0.210. The highest BCUT2D eigenvalue weighted by atomic mass is 19.4. The van der Waals surface area contributed by atoms with E-state index in [2.05, 4.69) is 20.4 Å². The van der Waals surface area contributed by atoms with Crippen LogP contribution >= 0.6 is 0 Å². The van der Waals surface area contributed by atoms with E-state index in [4.69, 9.17) is 0 Å². The SMILES string of the molecule is CNc1nccc(Cn2ccc(-n3nc(-c4ccc(C(F)(F)F)cc4)c4c(F)cccc43)cc2=O)n1. The van der Waals surface area contributed by atoms with Crippen molar-refractivity contribution in [3.63, 3.8) is 0 Å². The summed E-state index contributed by atoms with van der Waals surface area (Å²) in [6, 6.07) is 13.4. The third kappa shape index (κ3) is 4.30. The van der Waals surface area contributed by atoms with Crippen molar-refractivity contribution < 1.29 is 17.6 Å². The van der Waals surface area contributed by atoms with Gasteiger partial charge >= 0.3 is 6.18 Å². The van der Waals surface area contributed by atoms with Crippen LogP contribution in [0.15, 0.2) is 77.9 Å². The van der Waals surface area contributed by atoms with Gasteiger partial charge in [0.05, 0.1) is 34.4 Å². The average molecular weight is 494 g/mol. The fraction of sp³-hybridized carbons (Fsp3) is 0.120. The van der Waals surface area contributed by atoms with Crippen molar-refractivity contribution >= 4 is 16.9 Å².